The summed E-state index contributed by atoms with van der Waals surface area (Å²) in [5.74, 6) is -2.45. The minimum absolute atomic E-state index is 0.000104. The van der Waals surface area contributed by atoms with E-state index in [-0.39, 0.29) is 27.7 Å². The fraction of sp³-hybridized carbons (Fsp3) is 0.458. The first-order valence-electron chi connectivity index (χ1n) is 10.6. The predicted molar refractivity (Wildman–Crippen MR) is 116 cm³/mol. The van der Waals surface area contributed by atoms with Crippen molar-refractivity contribution in [2.24, 2.45) is 5.92 Å². The Bertz CT molecular complexity index is 1250. The molecule has 1 saturated carbocycles. The van der Waals surface area contributed by atoms with Crippen molar-refractivity contribution in [2.45, 2.75) is 52.0 Å². The molecule has 7 nitrogen and oxygen atoms in total. The van der Waals surface area contributed by atoms with Gasteiger partial charge in [0.2, 0.25) is 5.43 Å². The Kier molecular flexibility index (Phi) is 5.60. The Labute approximate surface area is 179 Å². The lowest BCUT2D eigenvalue weighted by Crippen LogP contribution is -2.44. The topological polar surface area (TPSA) is 94.8 Å². The number of carbonyl (C=O) groups excluding carboxylic acids is 2. The van der Waals surface area contributed by atoms with Crippen LogP contribution in [0.25, 0.3) is 22.2 Å². The summed E-state index contributed by atoms with van der Waals surface area (Å²) < 4.78 is 16.1. The van der Waals surface area contributed by atoms with Crippen LogP contribution in [0, 0.1) is 19.8 Å². The van der Waals surface area contributed by atoms with Crippen molar-refractivity contribution in [3.63, 3.8) is 0 Å². The van der Waals surface area contributed by atoms with Crippen molar-refractivity contribution >= 4 is 34.2 Å². The smallest absolute Gasteiger partial charge is 0.338 e. The predicted octanol–water partition coefficient (Wildman–Crippen LogP) is 1.57. The molecule has 2 aromatic rings. The van der Waals surface area contributed by atoms with E-state index in [1.54, 1.807) is 12.1 Å². The number of fused-ring (bicyclic) bond motifs is 2. The summed E-state index contributed by atoms with van der Waals surface area (Å²) in [5, 5.41) is 4.04. The SMILES string of the molecule is COC(=O)C1=c2oc3cc(C)c(C)cc3c(=O)c2=C(NC2CCCCC2)C1C(=O)OC. The first kappa shape index (κ1) is 21.2. The molecular formula is C24H27NO6. The quantitative estimate of drug-likeness (QED) is 0.743. The molecule has 1 N–H and O–H groups in total. The Balaban J connectivity index is 2.09. The minimum Gasteiger partial charge on any atom is -0.468 e. The second kappa shape index (κ2) is 8.21. The fourth-order valence-electron chi connectivity index (χ4n) is 4.60. The average molecular weight is 425 g/mol. The number of nitrogens with one attached hydrogen (secondary N) is 1. The molecule has 2 aliphatic rings. The maximum absolute atomic E-state index is 13.6. The number of hydrogen-bond acceptors (Lipinski definition) is 7. The molecule has 0 bridgehead atoms. The standard InChI is InChI=1S/C24H27NO6/c1-12-10-15-16(11-13(12)2)31-22-18(24(28)30-4)17(23(27)29-3)20(19(22)21(15)26)25-14-8-6-5-7-9-14/h10-11,14,17,25H,5-9H2,1-4H3. The lowest BCUT2D eigenvalue weighted by molar-refractivity contribution is -0.144. The zero-order chi connectivity index (χ0) is 22.3. The van der Waals surface area contributed by atoms with Crippen molar-refractivity contribution in [3.05, 3.63) is 44.1 Å². The largest absolute Gasteiger partial charge is 0.468 e. The normalized spacial score (nSPS) is 18.8. The molecule has 2 aliphatic carbocycles. The summed E-state index contributed by atoms with van der Waals surface area (Å²) in [6.45, 7) is 3.85. The van der Waals surface area contributed by atoms with Crippen LogP contribution < -0.4 is 21.4 Å². The van der Waals surface area contributed by atoms with Crippen LogP contribution in [0.15, 0.2) is 21.3 Å². The summed E-state index contributed by atoms with van der Waals surface area (Å²) >= 11 is 0. The van der Waals surface area contributed by atoms with Crippen molar-refractivity contribution in [3.8, 4) is 0 Å². The van der Waals surface area contributed by atoms with Gasteiger partial charge in [0.1, 0.15) is 17.1 Å². The second-order valence-electron chi connectivity index (χ2n) is 8.32. The van der Waals surface area contributed by atoms with Gasteiger partial charge in [-0.15, -0.1) is 0 Å². The number of rotatable bonds is 4. The van der Waals surface area contributed by atoms with Gasteiger partial charge < -0.3 is 19.2 Å². The van der Waals surface area contributed by atoms with Gasteiger partial charge in [-0.05, 0) is 49.9 Å². The number of carbonyl (C=O) groups is 2. The van der Waals surface area contributed by atoms with Crippen LogP contribution in [-0.4, -0.2) is 32.2 Å². The van der Waals surface area contributed by atoms with E-state index in [1.807, 2.05) is 13.8 Å². The number of ether oxygens (including phenoxy) is 2. The van der Waals surface area contributed by atoms with E-state index in [0.717, 1.165) is 43.2 Å². The van der Waals surface area contributed by atoms with Crippen LogP contribution in [0.3, 0.4) is 0 Å². The first-order chi connectivity index (χ1) is 14.9. The Hall–Kier alpha value is -3.09. The summed E-state index contributed by atoms with van der Waals surface area (Å²) in [5.41, 5.74) is 2.48. The monoisotopic (exact) mass is 425 g/mol. The van der Waals surface area contributed by atoms with Crippen molar-refractivity contribution < 1.29 is 23.5 Å². The third kappa shape index (κ3) is 3.52. The van der Waals surface area contributed by atoms with Crippen LogP contribution in [0.1, 0.15) is 43.2 Å². The van der Waals surface area contributed by atoms with E-state index in [2.05, 4.69) is 5.32 Å². The zero-order valence-electron chi connectivity index (χ0n) is 18.3. The van der Waals surface area contributed by atoms with Gasteiger partial charge in [-0.2, -0.15) is 0 Å². The van der Waals surface area contributed by atoms with Gasteiger partial charge in [0, 0.05) is 11.7 Å². The molecule has 7 heteroatoms. The molecule has 164 valence electrons. The summed E-state index contributed by atoms with van der Waals surface area (Å²) in [6, 6.07) is 3.68. The highest BCUT2D eigenvalue weighted by Gasteiger charge is 2.41. The molecule has 1 aromatic heterocycles. The third-order valence-electron chi connectivity index (χ3n) is 6.40. The van der Waals surface area contributed by atoms with Gasteiger partial charge >= 0.3 is 11.9 Å². The second-order valence-corrected chi connectivity index (χ2v) is 8.32. The van der Waals surface area contributed by atoms with Gasteiger partial charge in [0.05, 0.1) is 24.8 Å². The molecule has 0 aliphatic heterocycles. The zero-order valence-corrected chi connectivity index (χ0v) is 18.3. The molecular weight excluding hydrogens is 398 g/mol. The first-order valence-corrected chi connectivity index (χ1v) is 10.6. The van der Waals surface area contributed by atoms with Gasteiger partial charge in [-0.3, -0.25) is 9.59 Å². The number of esters is 2. The average Bonchev–Trinajstić information content (AvgIpc) is 3.09. The highest BCUT2D eigenvalue weighted by molar-refractivity contribution is 6.19. The Morgan fingerprint density at radius 1 is 1.03 bits per heavy atom. The van der Waals surface area contributed by atoms with Crippen LogP contribution in [0.4, 0.5) is 0 Å². The molecule has 0 spiro atoms. The van der Waals surface area contributed by atoms with Crippen LogP contribution in [0.5, 0.6) is 0 Å². The van der Waals surface area contributed by atoms with Gasteiger partial charge in [-0.25, -0.2) is 4.79 Å². The van der Waals surface area contributed by atoms with E-state index in [1.165, 1.54) is 14.2 Å². The van der Waals surface area contributed by atoms with Gasteiger partial charge in [0.25, 0.3) is 0 Å². The molecule has 0 radical (unpaired) electrons. The molecule has 1 heterocycles. The third-order valence-corrected chi connectivity index (χ3v) is 6.40. The molecule has 0 saturated heterocycles. The van der Waals surface area contributed by atoms with E-state index >= 15 is 0 Å². The number of methoxy groups -OCH3 is 2. The molecule has 1 fully saturated rings. The summed E-state index contributed by atoms with van der Waals surface area (Å²) in [4.78, 5) is 39.2. The number of aryl methyl sites for hydroxylation is 2. The summed E-state index contributed by atoms with van der Waals surface area (Å²) in [6.07, 6.45) is 5.16. The van der Waals surface area contributed by atoms with E-state index in [0.29, 0.717) is 16.7 Å². The van der Waals surface area contributed by atoms with Crippen LogP contribution in [-0.2, 0) is 19.1 Å². The van der Waals surface area contributed by atoms with Crippen molar-refractivity contribution in [2.75, 3.05) is 14.2 Å². The molecule has 31 heavy (non-hydrogen) atoms. The van der Waals surface area contributed by atoms with Gasteiger partial charge in [0.15, 0.2) is 5.42 Å². The summed E-state index contributed by atoms with van der Waals surface area (Å²) in [7, 11) is 2.50. The van der Waals surface area contributed by atoms with Crippen molar-refractivity contribution in [1.29, 1.82) is 0 Å². The van der Waals surface area contributed by atoms with E-state index < -0.39 is 17.9 Å². The maximum Gasteiger partial charge on any atom is 0.338 e. The maximum atomic E-state index is 13.6. The Morgan fingerprint density at radius 2 is 1.71 bits per heavy atom. The highest BCUT2D eigenvalue weighted by Crippen LogP contribution is 2.28. The lowest BCUT2D eigenvalue weighted by atomic mass is 9.93. The molecule has 1 aromatic carbocycles. The molecule has 1 unspecified atom stereocenters. The van der Waals surface area contributed by atoms with E-state index in [4.69, 9.17) is 13.9 Å². The Morgan fingerprint density at radius 3 is 2.35 bits per heavy atom. The fourth-order valence-corrected chi connectivity index (χ4v) is 4.60. The molecule has 4 rings (SSSR count). The van der Waals surface area contributed by atoms with E-state index in [9.17, 15) is 14.4 Å². The lowest BCUT2D eigenvalue weighted by Gasteiger charge is -2.27. The van der Waals surface area contributed by atoms with Crippen LogP contribution >= 0.6 is 0 Å². The molecule has 0 amide bonds. The van der Waals surface area contributed by atoms with Crippen molar-refractivity contribution in [1.82, 2.24) is 5.32 Å². The van der Waals surface area contributed by atoms with Crippen LogP contribution in [0.2, 0.25) is 0 Å². The van der Waals surface area contributed by atoms with Gasteiger partial charge in [-0.1, -0.05) is 19.3 Å². The number of benzene rings is 1. The minimum atomic E-state index is -1.09. The number of hydrogen-bond donors (Lipinski definition) is 1. The molecule has 1 atom stereocenters. The highest BCUT2D eigenvalue weighted by atomic mass is 16.5.